The third kappa shape index (κ3) is 6.17. The van der Waals surface area contributed by atoms with Gasteiger partial charge in [0.15, 0.2) is 11.4 Å². The molecule has 51 heavy (non-hydrogen) atoms. The molecule has 1 N–H and O–H groups in total. The summed E-state index contributed by atoms with van der Waals surface area (Å²) in [6.45, 7) is 4.08. The summed E-state index contributed by atoms with van der Waals surface area (Å²) in [5, 5.41) is 7.04. The number of halogens is 2. The maximum atomic E-state index is 14.5. The lowest BCUT2D eigenvalue weighted by Gasteiger charge is -2.46. The number of carbonyl (C=O) groups excluding carboxylic acids is 2. The molecule has 3 aromatic carbocycles. The molecule has 3 aliphatic heterocycles. The van der Waals surface area contributed by atoms with Gasteiger partial charge in [-0.1, -0.05) is 53.7 Å². The summed E-state index contributed by atoms with van der Waals surface area (Å²) in [5.41, 5.74) is -0.465. The highest BCUT2D eigenvalue weighted by Crippen LogP contribution is 2.47. The molecule has 0 radical (unpaired) electrons. The summed E-state index contributed by atoms with van der Waals surface area (Å²) in [4.78, 5) is 52.5. The Hall–Kier alpha value is -5.72. The van der Waals surface area contributed by atoms with Crippen LogP contribution in [-0.4, -0.2) is 57.4 Å². The average Bonchev–Trinajstić information content (AvgIpc) is 3.37. The summed E-state index contributed by atoms with van der Waals surface area (Å²) in [6, 6.07) is 19.0. The Morgan fingerprint density at radius 3 is 2.55 bits per heavy atom. The largest absolute Gasteiger partial charge is 0.497 e. The Morgan fingerprint density at radius 2 is 1.82 bits per heavy atom. The van der Waals surface area contributed by atoms with Gasteiger partial charge in [0.25, 0.3) is 11.8 Å². The van der Waals surface area contributed by atoms with Crippen LogP contribution in [0.25, 0.3) is 0 Å². The first-order valence-electron chi connectivity index (χ1n) is 16.7. The molecule has 4 heterocycles. The number of fused-ring (bicyclic) bond motifs is 5. The molecular weight excluding hydrogens is 660 g/mol. The predicted octanol–water partition coefficient (Wildman–Crippen LogP) is 5.39. The molecule has 0 aliphatic carbocycles. The number of methoxy groups -OCH3 is 1. The number of nitrogens with one attached hydrogen (secondary N) is 1. The molecule has 1 fully saturated rings. The van der Waals surface area contributed by atoms with Crippen LogP contribution in [0, 0.1) is 11.6 Å². The first-order chi connectivity index (χ1) is 24.6. The smallest absolute Gasteiger partial charge is 0.274 e. The number of amidine groups is 1. The van der Waals surface area contributed by atoms with Gasteiger partial charge < -0.3 is 34.0 Å². The molecule has 1 aromatic heterocycles. The molecule has 0 saturated carbocycles. The number of amides is 2. The summed E-state index contributed by atoms with van der Waals surface area (Å²) in [5.74, 6) is -1.74. The van der Waals surface area contributed by atoms with E-state index in [2.05, 4.69) is 15.4 Å². The normalized spacial score (nSPS) is 20.7. The van der Waals surface area contributed by atoms with Gasteiger partial charge in [-0.05, 0) is 49.6 Å². The lowest BCUT2D eigenvalue weighted by atomic mass is 9.93. The van der Waals surface area contributed by atoms with Crippen LogP contribution in [0.3, 0.4) is 0 Å². The third-order valence-corrected chi connectivity index (χ3v) is 9.94. The minimum atomic E-state index is -1.11. The van der Waals surface area contributed by atoms with Crippen molar-refractivity contribution < 1.29 is 32.7 Å². The Bertz CT molecular complexity index is 2070. The highest BCUT2D eigenvalue weighted by molar-refractivity contribution is 5.99. The fraction of sp³-hybridized carbons (Fsp3) is 0.316. The average molecular weight is 698 g/mol. The van der Waals surface area contributed by atoms with E-state index in [4.69, 9.17) is 14.3 Å². The van der Waals surface area contributed by atoms with E-state index in [1.807, 2.05) is 68.4 Å². The van der Waals surface area contributed by atoms with Crippen LogP contribution in [0.15, 0.2) is 88.9 Å². The number of oxime groups is 1. The van der Waals surface area contributed by atoms with Crippen molar-refractivity contribution in [3.05, 3.63) is 129 Å². The molecular formula is C38H37F2N5O6. The van der Waals surface area contributed by atoms with E-state index in [1.165, 1.54) is 12.3 Å². The van der Waals surface area contributed by atoms with Crippen LogP contribution in [0.2, 0.25) is 0 Å². The highest BCUT2D eigenvalue weighted by Gasteiger charge is 2.57. The van der Waals surface area contributed by atoms with E-state index >= 15 is 0 Å². The molecule has 0 unspecified atom stereocenters. The molecule has 264 valence electrons. The van der Waals surface area contributed by atoms with E-state index in [0.717, 1.165) is 29.0 Å². The number of hydrogen-bond donors (Lipinski definition) is 1. The molecule has 2 amide bonds. The monoisotopic (exact) mass is 697 g/mol. The van der Waals surface area contributed by atoms with Crippen LogP contribution < -0.4 is 20.2 Å². The molecule has 2 bridgehead atoms. The van der Waals surface area contributed by atoms with Crippen molar-refractivity contribution in [1.82, 2.24) is 19.7 Å². The van der Waals surface area contributed by atoms with Gasteiger partial charge in [-0.25, -0.2) is 8.78 Å². The van der Waals surface area contributed by atoms with E-state index in [0.29, 0.717) is 25.2 Å². The predicted molar refractivity (Wildman–Crippen MR) is 183 cm³/mol. The Morgan fingerprint density at radius 1 is 1.06 bits per heavy atom. The molecule has 7 rings (SSSR count). The zero-order valence-corrected chi connectivity index (χ0v) is 28.4. The van der Waals surface area contributed by atoms with Crippen LogP contribution >= 0.6 is 0 Å². The molecule has 1 saturated heterocycles. The summed E-state index contributed by atoms with van der Waals surface area (Å²) in [7, 11) is 1.60. The summed E-state index contributed by atoms with van der Waals surface area (Å²) < 4.78 is 41.2. The van der Waals surface area contributed by atoms with E-state index < -0.39 is 40.6 Å². The number of nitrogens with zero attached hydrogens (tertiary/aromatic N) is 4. The van der Waals surface area contributed by atoms with Gasteiger partial charge in [0, 0.05) is 49.9 Å². The van der Waals surface area contributed by atoms with Crippen LogP contribution in [0.5, 0.6) is 11.5 Å². The maximum Gasteiger partial charge on any atom is 0.274 e. The first kappa shape index (κ1) is 33.8. The number of rotatable bonds is 9. The number of pyridine rings is 1. The Labute approximate surface area is 293 Å². The highest BCUT2D eigenvalue weighted by atomic mass is 19.1. The number of benzene rings is 3. The van der Waals surface area contributed by atoms with Crippen LogP contribution in [0.4, 0.5) is 8.78 Å². The van der Waals surface area contributed by atoms with Crippen molar-refractivity contribution in [3.8, 4) is 11.5 Å². The molecule has 4 aromatic rings. The molecule has 3 atom stereocenters. The van der Waals surface area contributed by atoms with E-state index in [-0.39, 0.29) is 48.3 Å². The van der Waals surface area contributed by atoms with Crippen molar-refractivity contribution in [1.29, 1.82) is 0 Å². The van der Waals surface area contributed by atoms with Crippen LogP contribution in [0.1, 0.15) is 70.3 Å². The van der Waals surface area contributed by atoms with Crippen molar-refractivity contribution in [3.63, 3.8) is 0 Å². The van der Waals surface area contributed by atoms with Gasteiger partial charge in [0.1, 0.15) is 41.4 Å². The second-order valence-corrected chi connectivity index (χ2v) is 13.0. The van der Waals surface area contributed by atoms with Crippen molar-refractivity contribution in [2.45, 2.75) is 64.2 Å². The van der Waals surface area contributed by atoms with Crippen molar-refractivity contribution in [2.24, 2.45) is 5.16 Å². The third-order valence-electron chi connectivity index (χ3n) is 9.94. The zero-order chi connectivity index (χ0) is 35.9. The quantitative estimate of drug-likeness (QED) is 0.250. The topological polar surface area (TPSA) is 115 Å². The van der Waals surface area contributed by atoms with Gasteiger partial charge in [-0.3, -0.25) is 14.4 Å². The Kier molecular flexibility index (Phi) is 8.96. The second-order valence-electron chi connectivity index (χ2n) is 13.0. The van der Waals surface area contributed by atoms with Gasteiger partial charge in [0.2, 0.25) is 11.2 Å². The lowest BCUT2D eigenvalue weighted by Crippen LogP contribution is -2.58. The number of carbonyl (C=O) groups is 2. The zero-order valence-electron chi connectivity index (χ0n) is 28.4. The number of ether oxygens (including phenoxy) is 2. The fourth-order valence-corrected chi connectivity index (χ4v) is 7.10. The van der Waals surface area contributed by atoms with Crippen molar-refractivity contribution in [2.75, 3.05) is 13.7 Å². The maximum absolute atomic E-state index is 14.5. The SMILES string of the molecule is COc1ccc(CN2C(C)=NO[C@@]23CC[C@H](C)N2C[C@H]3n3cc(C(=O)NCc4ccc(F)cc4F)c(=O)c(OCc4ccccc4)c3C2=O)cc1. The minimum absolute atomic E-state index is 0.000939. The van der Waals surface area contributed by atoms with E-state index in [1.54, 1.807) is 16.6 Å². The van der Waals surface area contributed by atoms with E-state index in [9.17, 15) is 23.2 Å². The van der Waals surface area contributed by atoms with Gasteiger partial charge in [-0.2, -0.15) is 0 Å². The molecule has 1 spiro atoms. The van der Waals surface area contributed by atoms with Gasteiger partial charge in [0.05, 0.1) is 7.11 Å². The Balaban J connectivity index is 1.34. The number of hydrogen-bond acceptors (Lipinski definition) is 8. The lowest BCUT2D eigenvalue weighted by molar-refractivity contribution is -0.142. The standard InChI is InChI=1S/C38H37F2N5O6/c1-23-15-16-38(45(24(2)42-51-38)19-25-9-13-29(49-3)14-10-25)32-21-43(23)37(48)33-35(50-22-26-7-5-4-6-8-26)34(46)30(20-44(32)33)36(47)41-18-27-11-12-28(39)17-31(27)40/h4-14,17,20,23,32H,15-16,18-19,21-22H2,1-3H3,(H,41,47)/t23-,32+,38+/m0/s1. The first-order valence-corrected chi connectivity index (χ1v) is 16.7. The minimum Gasteiger partial charge on any atom is -0.497 e. The number of aromatic nitrogens is 1. The van der Waals surface area contributed by atoms with Gasteiger partial charge in [-0.15, -0.1) is 0 Å². The summed E-state index contributed by atoms with van der Waals surface area (Å²) >= 11 is 0. The van der Waals surface area contributed by atoms with Gasteiger partial charge >= 0.3 is 0 Å². The molecule has 13 heteroatoms. The second kappa shape index (κ2) is 13.5. The fourth-order valence-electron chi connectivity index (χ4n) is 7.10. The summed E-state index contributed by atoms with van der Waals surface area (Å²) in [6.07, 6.45) is 2.40. The molecule has 11 nitrogen and oxygen atoms in total. The van der Waals surface area contributed by atoms with Crippen LogP contribution in [-0.2, 0) is 24.5 Å². The molecule has 3 aliphatic rings. The van der Waals surface area contributed by atoms with Crippen molar-refractivity contribution >= 4 is 17.6 Å².